The van der Waals surface area contributed by atoms with Crippen LogP contribution in [0.4, 0.5) is 5.82 Å². The molecule has 1 saturated carbocycles. The molecule has 6 heteroatoms. The fourth-order valence-corrected chi connectivity index (χ4v) is 3.52. The summed E-state index contributed by atoms with van der Waals surface area (Å²) in [4.78, 5) is 16.2. The minimum absolute atomic E-state index is 0.0694. The van der Waals surface area contributed by atoms with Gasteiger partial charge in [0.25, 0.3) is 5.91 Å². The zero-order valence-electron chi connectivity index (χ0n) is 11.8. The van der Waals surface area contributed by atoms with E-state index in [1.54, 1.807) is 12.1 Å². The second-order valence-corrected chi connectivity index (χ2v) is 6.48. The normalized spacial score (nSPS) is 17.5. The number of carbonyl (C=O) groups excluding carboxylic acids is 1. The van der Waals surface area contributed by atoms with Gasteiger partial charge < -0.3 is 10.7 Å². The molecule has 1 aliphatic carbocycles. The number of nitrogens with zero attached hydrogens (tertiary/aromatic N) is 1. The maximum atomic E-state index is 12.1. The van der Waals surface area contributed by atoms with Crippen molar-refractivity contribution in [2.75, 3.05) is 18.2 Å². The van der Waals surface area contributed by atoms with E-state index < -0.39 is 0 Å². The van der Waals surface area contributed by atoms with E-state index >= 15 is 0 Å². The Bertz CT molecular complexity index is 443. The van der Waals surface area contributed by atoms with Crippen molar-refractivity contribution >= 4 is 23.5 Å². The van der Waals surface area contributed by atoms with Crippen LogP contribution in [0.15, 0.2) is 18.3 Å². The van der Waals surface area contributed by atoms with E-state index in [-0.39, 0.29) is 10.7 Å². The lowest BCUT2D eigenvalue weighted by Crippen LogP contribution is -2.41. The van der Waals surface area contributed by atoms with Gasteiger partial charge in [-0.1, -0.05) is 19.3 Å². The van der Waals surface area contributed by atoms with Crippen LogP contribution >= 0.6 is 11.8 Å². The van der Waals surface area contributed by atoms with Gasteiger partial charge >= 0.3 is 0 Å². The molecule has 20 heavy (non-hydrogen) atoms. The van der Waals surface area contributed by atoms with Crippen molar-refractivity contribution in [3.8, 4) is 0 Å². The van der Waals surface area contributed by atoms with Crippen molar-refractivity contribution < 1.29 is 4.79 Å². The molecule has 1 fully saturated rings. The van der Waals surface area contributed by atoms with Crippen molar-refractivity contribution in [1.29, 1.82) is 0 Å². The molecule has 0 aromatic carbocycles. The summed E-state index contributed by atoms with van der Waals surface area (Å²) in [5.41, 5.74) is 3.01. The number of hydrazine groups is 1. The maximum Gasteiger partial charge on any atom is 0.252 e. The van der Waals surface area contributed by atoms with Crippen LogP contribution in [0.25, 0.3) is 0 Å². The molecule has 1 aliphatic rings. The SMILES string of the molecule is CSC1(CNC(=O)c2ccc(NN)nc2)CCCCC1. The summed E-state index contributed by atoms with van der Waals surface area (Å²) < 4.78 is 0.208. The van der Waals surface area contributed by atoms with Crippen LogP contribution in [0.3, 0.4) is 0 Å². The van der Waals surface area contributed by atoms with E-state index in [1.165, 1.54) is 38.3 Å². The molecule has 0 atom stereocenters. The number of nitrogens with two attached hydrogens (primary N) is 1. The summed E-state index contributed by atoms with van der Waals surface area (Å²) in [7, 11) is 0. The average Bonchev–Trinajstić information content (AvgIpc) is 2.53. The molecule has 0 aliphatic heterocycles. The van der Waals surface area contributed by atoms with Crippen molar-refractivity contribution in [3.63, 3.8) is 0 Å². The third kappa shape index (κ3) is 3.64. The first-order valence-corrected chi connectivity index (χ1v) is 8.18. The molecular weight excluding hydrogens is 272 g/mol. The predicted octanol–water partition coefficient (Wildman–Crippen LogP) is 2.16. The van der Waals surface area contributed by atoms with Crippen LogP contribution in [-0.4, -0.2) is 28.4 Å². The molecule has 1 heterocycles. The van der Waals surface area contributed by atoms with Crippen molar-refractivity contribution in [3.05, 3.63) is 23.9 Å². The van der Waals surface area contributed by atoms with Gasteiger partial charge in [0.2, 0.25) is 0 Å². The zero-order valence-corrected chi connectivity index (χ0v) is 12.6. The highest BCUT2D eigenvalue weighted by Gasteiger charge is 2.31. The lowest BCUT2D eigenvalue weighted by molar-refractivity contribution is 0.0946. The average molecular weight is 294 g/mol. The highest BCUT2D eigenvalue weighted by molar-refractivity contribution is 8.00. The van der Waals surface area contributed by atoms with Crippen LogP contribution in [0, 0.1) is 0 Å². The van der Waals surface area contributed by atoms with Gasteiger partial charge in [0.1, 0.15) is 5.82 Å². The minimum atomic E-state index is -0.0694. The molecule has 1 aromatic heterocycles. The maximum absolute atomic E-state index is 12.1. The number of hydrogen-bond donors (Lipinski definition) is 3. The lowest BCUT2D eigenvalue weighted by Gasteiger charge is -2.35. The van der Waals surface area contributed by atoms with E-state index in [2.05, 4.69) is 22.0 Å². The summed E-state index contributed by atoms with van der Waals surface area (Å²) in [5, 5.41) is 3.05. The number of aromatic nitrogens is 1. The minimum Gasteiger partial charge on any atom is -0.351 e. The van der Waals surface area contributed by atoms with E-state index in [0.29, 0.717) is 11.4 Å². The van der Waals surface area contributed by atoms with Crippen LogP contribution in [0.5, 0.6) is 0 Å². The number of carbonyl (C=O) groups is 1. The number of anilines is 1. The fraction of sp³-hybridized carbons (Fsp3) is 0.571. The second kappa shape index (κ2) is 6.95. The summed E-state index contributed by atoms with van der Waals surface area (Å²) in [5.74, 6) is 5.73. The highest BCUT2D eigenvalue weighted by Crippen LogP contribution is 2.37. The van der Waals surface area contributed by atoms with Gasteiger partial charge in [-0.05, 0) is 31.2 Å². The predicted molar refractivity (Wildman–Crippen MR) is 83.7 cm³/mol. The number of amides is 1. The number of pyridine rings is 1. The van der Waals surface area contributed by atoms with E-state index in [1.807, 2.05) is 11.8 Å². The Morgan fingerprint density at radius 1 is 1.40 bits per heavy atom. The first-order chi connectivity index (χ1) is 9.69. The number of rotatable bonds is 5. The zero-order chi connectivity index (χ0) is 14.4. The number of hydrogen-bond acceptors (Lipinski definition) is 5. The van der Waals surface area contributed by atoms with E-state index in [0.717, 1.165) is 6.54 Å². The van der Waals surface area contributed by atoms with Gasteiger partial charge in [-0.25, -0.2) is 10.8 Å². The van der Waals surface area contributed by atoms with E-state index in [9.17, 15) is 4.79 Å². The fourth-order valence-electron chi connectivity index (χ4n) is 2.61. The van der Waals surface area contributed by atoms with Gasteiger partial charge in [0, 0.05) is 17.5 Å². The molecule has 1 amide bonds. The first kappa shape index (κ1) is 15.1. The van der Waals surface area contributed by atoms with Crippen molar-refractivity contribution in [2.45, 2.75) is 36.9 Å². The second-order valence-electron chi connectivity index (χ2n) is 5.21. The summed E-state index contributed by atoms with van der Waals surface area (Å²) in [6, 6.07) is 3.42. The monoisotopic (exact) mass is 294 g/mol. The van der Waals surface area contributed by atoms with Crippen LogP contribution in [-0.2, 0) is 0 Å². The Morgan fingerprint density at radius 2 is 2.15 bits per heavy atom. The number of nitrogens with one attached hydrogen (secondary N) is 2. The molecule has 0 radical (unpaired) electrons. The topological polar surface area (TPSA) is 80.0 Å². The van der Waals surface area contributed by atoms with Crippen molar-refractivity contribution in [2.24, 2.45) is 5.84 Å². The molecule has 1 aromatic rings. The Morgan fingerprint density at radius 3 is 2.70 bits per heavy atom. The van der Waals surface area contributed by atoms with Crippen LogP contribution in [0.2, 0.25) is 0 Å². The molecule has 2 rings (SSSR count). The standard InChI is InChI=1S/C14H22N4OS/c1-20-14(7-3-2-4-8-14)10-17-13(19)11-5-6-12(18-15)16-9-11/h5-6,9H,2-4,7-8,10,15H2,1H3,(H,16,18)(H,17,19). The molecule has 5 nitrogen and oxygen atoms in total. The van der Waals surface area contributed by atoms with E-state index in [4.69, 9.17) is 5.84 Å². The Balaban J connectivity index is 1.93. The van der Waals surface area contributed by atoms with Gasteiger partial charge in [-0.3, -0.25) is 4.79 Å². The third-order valence-corrected chi connectivity index (χ3v) is 5.36. The van der Waals surface area contributed by atoms with Gasteiger partial charge in [-0.15, -0.1) is 0 Å². The molecule has 0 saturated heterocycles. The molecule has 4 N–H and O–H groups in total. The summed E-state index contributed by atoms with van der Waals surface area (Å²) >= 11 is 1.88. The van der Waals surface area contributed by atoms with Crippen molar-refractivity contribution in [1.82, 2.24) is 10.3 Å². The third-order valence-electron chi connectivity index (χ3n) is 3.94. The largest absolute Gasteiger partial charge is 0.351 e. The van der Waals surface area contributed by atoms with Crippen LogP contribution in [0.1, 0.15) is 42.5 Å². The van der Waals surface area contributed by atoms with Gasteiger partial charge in [0.05, 0.1) is 5.56 Å². The smallest absolute Gasteiger partial charge is 0.252 e. The molecule has 0 spiro atoms. The molecule has 0 unspecified atom stereocenters. The number of thioether (sulfide) groups is 1. The Labute approximate surface area is 124 Å². The quantitative estimate of drug-likeness (QED) is 0.573. The highest BCUT2D eigenvalue weighted by atomic mass is 32.2. The van der Waals surface area contributed by atoms with Crippen LogP contribution < -0.4 is 16.6 Å². The summed E-state index contributed by atoms with van der Waals surface area (Å²) in [6.45, 7) is 0.726. The van der Waals surface area contributed by atoms with Gasteiger partial charge in [0.15, 0.2) is 0 Å². The Kier molecular flexibility index (Phi) is 5.25. The molecule has 110 valence electrons. The lowest BCUT2D eigenvalue weighted by atomic mass is 9.88. The molecule has 0 bridgehead atoms. The Hall–Kier alpha value is -1.27. The first-order valence-electron chi connectivity index (χ1n) is 6.95. The summed E-state index contributed by atoms with van der Waals surface area (Å²) in [6.07, 6.45) is 9.88. The number of nitrogen functional groups attached to an aromatic ring is 1. The molecular formula is C14H22N4OS. The van der Waals surface area contributed by atoms with Gasteiger partial charge in [-0.2, -0.15) is 11.8 Å².